The van der Waals surface area contributed by atoms with Crippen LogP contribution in [-0.2, 0) is 18.4 Å². The van der Waals surface area contributed by atoms with Crippen LogP contribution < -0.4 is 5.32 Å². The molecule has 3 heterocycles. The lowest BCUT2D eigenvalue weighted by Crippen LogP contribution is -2.45. The molecule has 5 rings (SSSR count). The summed E-state index contributed by atoms with van der Waals surface area (Å²) in [5.74, 6) is 2.72. The van der Waals surface area contributed by atoms with Crippen LogP contribution in [-0.4, -0.2) is 39.5 Å². The molecule has 0 radical (unpaired) electrons. The Morgan fingerprint density at radius 2 is 2.21 bits per heavy atom. The molecule has 1 saturated carbocycles. The lowest BCUT2D eigenvalue weighted by Gasteiger charge is -2.40. The molecule has 2 fully saturated rings. The monoisotopic (exact) mass is 409 g/mol. The smallest absolute Gasteiger partial charge is 0.134 e. The third-order valence-corrected chi connectivity index (χ3v) is 7.29. The largest absolute Gasteiger partial charge is 0.364 e. The molecule has 3 aliphatic rings. The van der Waals surface area contributed by atoms with Gasteiger partial charge in [-0.15, -0.1) is 11.3 Å². The number of likely N-dealkylation sites (tertiary alicyclic amines) is 1. The first kappa shape index (κ1) is 19.2. The van der Waals surface area contributed by atoms with Gasteiger partial charge >= 0.3 is 0 Å². The van der Waals surface area contributed by atoms with Crippen molar-refractivity contribution in [3.8, 4) is 0 Å². The molecule has 1 spiro atoms. The van der Waals surface area contributed by atoms with E-state index in [-0.39, 0.29) is 5.41 Å². The average Bonchev–Trinajstić information content (AvgIpc) is 3.34. The zero-order valence-electron chi connectivity index (χ0n) is 17.6. The number of aromatic nitrogens is 3. The quantitative estimate of drug-likeness (QED) is 0.703. The minimum Gasteiger partial charge on any atom is -0.364 e. The molecule has 2 aromatic rings. The van der Waals surface area contributed by atoms with Crippen molar-refractivity contribution in [2.75, 3.05) is 25.0 Å². The zero-order chi connectivity index (χ0) is 19.8. The van der Waals surface area contributed by atoms with Gasteiger partial charge in [0.1, 0.15) is 11.6 Å². The van der Waals surface area contributed by atoms with Crippen LogP contribution in [0, 0.1) is 0 Å². The molecule has 5 nitrogen and oxygen atoms in total. The van der Waals surface area contributed by atoms with E-state index in [0.29, 0.717) is 5.92 Å². The molecular formula is C23H31N5S. The lowest BCUT2D eigenvalue weighted by atomic mass is 9.77. The summed E-state index contributed by atoms with van der Waals surface area (Å²) < 4.78 is 0. The molecule has 1 unspecified atom stereocenters. The van der Waals surface area contributed by atoms with E-state index < -0.39 is 0 Å². The molecule has 1 N–H and O–H groups in total. The second-order valence-electron chi connectivity index (χ2n) is 9.27. The van der Waals surface area contributed by atoms with Crippen molar-refractivity contribution in [3.63, 3.8) is 0 Å². The molecule has 1 atom stereocenters. The van der Waals surface area contributed by atoms with Gasteiger partial charge in [0.05, 0.1) is 23.4 Å². The summed E-state index contributed by atoms with van der Waals surface area (Å²) in [5.41, 5.74) is 7.34. The van der Waals surface area contributed by atoms with Crippen LogP contribution >= 0.6 is 11.3 Å². The van der Waals surface area contributed by atoms with Gasteiger partial charge in [-0.2, -0.15) is 0 Å². The second-order valence-corrected chi connectivity index (χ2v) is 9.98. The summed E-state index contributed by atoms with van der Waals surface area (Å²) in [4.78, 5) is 17.3. The van der Waals surface area contributed by atoms with E-state index in [9.17, 15) is 0 Å². The highest BCUT2D eigenvalue weighted by Crippen LogP contribution is 2.48. The van der Waals surface area contributed by atoms with E-state index in [2.05, 4.69) is 40.5 Å². The fourth-order valence-corrected chi connectivity index (χ4v) is 5.48. The van der Waals surface area contributed by atoms with Crippen LogP contribution in [0.3, 0.4) is 0 Å². The van der Waals surface area contributed by atoms with Crippen LogP contribution in [0.5, 0.6) is 0 Å². The van der Waals surface area contributed by atoms with Gasteiger partial charge in [0.25, 0.3) is 0 Å². The van der Waals surface area contributed by atoms with E-state index in [1.807, 2.05) is 5.51 Å². The summed E-state index contributed by atoms with van der Waals surface area (Å²) in [6.45, 7) is 8.54. The number of nitrogens with one attached hydrogen (secondary N) is 1. The van der Waals surface area contributed by atoms with Crippen molar-refractivity contribution in [1.82, 2.24) is 19.9 Å². The maximum Gasteiger partial charge on any atom is 0.134 e. The summed E-state index contributed by atoms with van der Waals surface area (Å²) in [7, 11) is 0. The normalized spacial score (nSPS) is 23.9. The molecule has 29 heavy (non-hydrogen) atoms. The summed E-state index contributed by atoms with van der Waals surface area (Å²) in [6, 6.07) is 0. The maximum atomic E-state index is 5.22. The number of fused-ring (bicyclic) bond motifs is 2. The number of thiazole rings is 1. The molecule has 0 aromatic carbocycles. The fraction of sp³-hybridized carbons (Fsp3) is 0.609. The van der Waals surface area contributed by atoms with Crippen LogP contribution in [0.2, 0.25) is 0 Å². The van der Waals surface area contributed by atoms with Crippen molar-refractivity contribution >= 4 is 17.2 Å². The van der Waals surface area contributed by atoms with Gasteiger partial charge in [-0.1, -0.05) is 11.6 Å². The number of anilines is 1. The minimum absolute atomic E-state index is 0.215. The summed E-state index contributed by atoms with van der Waals surface area (Å²) in [6.07, 6.45) is 9.68. The Labute approximate surface area is 177 Å². The predicted octanol–water partition coefficient (Wildman–Crippen LogP) is 4.67. The van der Waals surface area contributed by atoms with E-state index >= 15 is 0 Å². The third kappa shape index (κ3) is 3.97. The highest BCUT2D eigenvalue weighted by Gasteiger charge is 2.45. The Balaban J connectivity index is 1.44. The summed E-state index contributed by atoms with van der Waals surface area (Å²) in [5, 5.41) is 5.72. The Morgan fingerprint density at radius 3 is 2.97 bits per heavy atom. The summed E-state index contributed by atoms with van der Waals surface area (Å²) >= 11 is 1.65. The average molecular weight is 410 g/mol. The van der Waals surface area contributed by atoms with Crippen molar-refractivity contribution in [2.24, 2.45) is 0 Å². The number of hydrogen-bond donors (Lipinski definition) is 1. The zero-order valence-corrected chi connectivity index (χ0v) is 18.4. The topological polar surface area (TPSA) is 53.9 Å². The first-order valence-electron chi connectivity index (χ1n) is 11.0. The second kappa shape index (κ2) is 7.80. The molecule has 1 saturated heterocycles. The minimum atomic E-state index is 0.215. The Kier molecular flexibility index (Phi) is 5.16. The van der Waals surface area contributed by atoms with Gasteiger partial charge in [-0.3, -0.25) is 4.90 Å². The van der Waals surface area contributed by atoms with Crippen LogP contribution in [0.15, 0.2) is 22.5 Å². The van der Waals surface area contributed by atoms with E-state index in [1.54, 1.807) is 11.3 Å². The van der Waals surface area contributed by atoms with Gasteiger partial charge in [0.15, 0.2) is 0 Å². The van der Waals surface area contributed by atoms with Gasteiger partial charge in [-0.25, -0.2) is 15.0 Å². The Morgan fingerprint density at radius 1 is 1.31 bits per heavy atom. The fourth-order valence-electron chi connectivity index (χ4n) is 4.92. The third-order valence-electron chi connectivity index (χ3n) is 6.66. The number of rotatable bonds is 6. The van der Waals surface area contributed by atoms with Gasteiger partial charge in [0.2, 0.25) is 0 Å². The van der Waals surface area contributed by atoms with Crippen molar-refractivity contribution in [3.05, 3.63) is 45.3 Å². The highest BCUT2D eigenvalue weighted by atomic mass is 32.1. The SMILES string of the molecule is CC(C)=CCN1CCCC2(CCc3c(NCc4cscn4)nc(C4CC4)nc32)C1. The molecule has 2 aromatic heterocycles. The molecule has 0 amide bonds. The van der Waals surface area contributed by atoms with Crippen molar-refractivity contribution in [2.45, 2.75) is 70.3 Å². The predicted molar refractivity (Wildman–Crippen MR) is 119 cm³/mol. The number of piperidine rings is 1. The highest BCUT2D eigenvalue weighted by molar-refractivity contribution is 7.07. The van der Waals surface area contributed by atoms with E-state index in [1.165, 1.54) is 55.5 Å². The number of nitrogens with zero attached hydrogens (tertiary/aromatic N) is 4. The lowest BCUT2D eigenvalue weighted by molar-refractivity contribution is 0.156. The first-order valence-corrected chi connectivity index (χ1v) is 12.0. The van der Waals surface area contributed by atoms with E-state index in [0.717, 1.165) is 43.4 Å². The molecule has 1 aliphatic heterocycles. The van der Waals surface area contributed by atoms with Crippen molar-refractivity contribution < 1.29 is 0 Å². The molecule has 154 valence electrons. The molecular weight excluding hydrogens is 378 g/mol. The first-order chi connectivity index (χ1) is 14.1. The number of hydrogen-bond acceptors (Lipinski definition) is 6. The maximum absolute atomic E-state index is 5.22. The van der Waals surface area contributed by atoms with Gasteiger partial charge in [-0.05, 0) is 58.9 Å². The van der Waals surface area contributed by atoms with E-state index in [4.69, 9.17) is 9.97 Å². The van der Waals surface area contributed by atoms with Crippen LogP contribution in [0.4, 0.5) is 5.82 Å². The van der Waals surface area contributed by atoms with Crippen LogP contribution in [0.1, 0.15) is 74.6 Å². The van der Waals surface area contributed by atoms with Crippen LogP contribution in [0.25, 0.3) is 0 Å². The molecule has 2 aliphatic carbocycles. The Hall–Kier alpha value is -1.79. The molecule has 0 bridgehead atoms. The van der Waals surface area contributed by atoms with Gasteiger partial charge in [0, 0.05) is 35.4 Å². The van der Waals surface area contributed by atoms with Crippen molar-refractivity contribution in [1.29, 1.82) is 0 Å². The van der Waals surface area contributed by atoms with Gasteiger partial charge < -0.3 is 5.32 Å². The standard InChI is InChI=1S/C23H31N5S/c1-16(2)7-11-28-10-3-8-23(14-28)9-6-19-20(23)26-21(17-4-5-17)27-22(19)24-12-18-13-29-15-25-18/h7,13,15,17H,3-6,8-12,14H2,1-2H3,(H,24,26,27). The Bertz CT molecular complexity index is 898. The molecule has 6 heteroatoms. The number of allylic oxidation sites excluding steroid dienone is 1.